The van der Waals surface area contributed by atoms with Gasteiger partial charge in [0.15, 0.2) is 5.78 Å². The lowest BCUT2D eigenvalue weighted by Crippen LogP contribution is -2.24. The fourth-order valence-corrected chi connectivity index (χ4v) is 1.47. The Labute approximate surface area is 84.6 Å². The van der Waals surface area contributed by atoms with Crippen molar-refractivity contribution in [2.45, 2.75) is 26.2 Å². The van der Waals surface area contributed by atoms with Crippen LogP contribution in [0.5, 0.6) is 0 Å². The van der Waals surface area contributed by atoms with E-state index < -0.39 is 0 Å². The smallest absolute Gasteiger partial charge is 0.160 e. The number of aliphatic hydroxyl groups is 1. The third-order valence-electron chi connectivity index (χ3n) is 2.43. The molecule has 0 saturated heterocycles. The topological polar surface area (TPSA) is 37.3 Å². The zero-order valence-electron chi connectivity index (χ0n) is 8.87. The Bertz CT molecular complexity index is 340. The van der Waals surface area contributed by atoms with Crippen molar-refractivity contribution in [3.8, 4) is 0 Å². The van der Waals surface area contributed by atoms with Crippen molar-refractivity contribution < 1.29 is 9.90 Å². The van der Waals surface area contributed by atoms with Gasteiger partial charge in [-0.25, -0.2) is 0 Å². The lowest BCUT2D eigenvalue weighted by atomic mass is 9.82. The van der Waals surface area contributed by atoms with Gasteiger partial charge in [-0.3, -0.25) is 4.79 Å². The molecule has 1 aromatic rings. The summed E-state index contributed by atoms with van der Waals surface area (Å²) in [6.07, 6.45) is 0. The molecular weight excluding hydrogens is 176 g/mol. The monoisotopic (exact) mass is 192 g/mol. The second-order valence-electron chi connectivity index (χ2n) is 4.14. The Balaban J connectivity index is 3.27. The summed E-state index contributed by atoms with van der Waals surface area (Å²) in [5, 5.41) is 9.24. The van der Waals surface area contributed by atoms with Crippen LogP contribution in [0.15, 0.2) is 24.3 Å². The normalized spacial score (nSPS) is 11.4. The maximum atomic E-state index is 11.3. The van der Waals surface area contributed by atoms with Crippen molar-refractivity contribution in [3.05, 3.63) is 35.4 Å². The van der Waals surface area contributed by atoms with E-state index in [-0.39, 0.29) is 17.8 Å². The first kappa shape index (κ1) is 10.9. The number of ketones is 1. The number of hydrogen-bond donors (Lipinski definition) is 1. The zero-order valence-corrected chi connectivity index (χ0v) is 8.87. The maximum absolute atomic E-state index is 11.3. The third-order valence-corrected chi connectivity index (χ3v) is 2.43. The lowest BCUT2D eigenvalue weighted by molar-refractivity contribution is 0.101. The molecule has 0 fully saturated rings. The first-order chi connectivity index (χ1) is 6.49. The predicted octanol–water partition coefficient (Wildman–Crippen LogP) is 2.16. The third kappa shape index (κ3) is 2.02. The van der Waals surface area contributed by atoms with Crippen LogP contribution in [0, 0.1) is 0 Å². The van der Waals surface area contributed by atoms with Gasteiger partial charge in [-0.05, 0) is 12.5 Å². The van der Waals surface area contributed by atoms with E-state index in [2.05, 4.69) is 0 Å². The summed E-state index contributed by atoms with van der Waals surface area (Å²) in [6, 6.07) is 7.43. The number of benzene rings is 1. The molecule has 0 aromatic heterocycles. The summed E-state index contributed by atoms with van der Waals surface area (Å²) in [5.41, 5.74) is 1.25. The standard InChI is InChI=1S/C12H16O2/c1-9(14)10-6-4-5-7-11(10)12(2,3)8-13/h4-7,13H,8H2,1-3H3. The predicted molar refractivity (Wildman–Crippen MR) is 56.6 cm³/mol. The van der Waals surface area contributed by atoms with E-state index in [9.17, 15) is 9.90 Å². The minimum Gasteiger partial charge on any atom is -0.395 e. The SMILES string of the molecule is CC(=O)c1ccccc1C(C)(C)CO. The average Bonchev–Trinajstić information content (AvgIpc) is 2.18. The van der Waals surface area contributed by atoms with Crippen molar-refractivity contribution in [1.29, 1.82) is 0 Å². The van der Waals surface area contributed by atoms with Gasteiger partial charge in [-0.2, -0.15) is 0 Å². The van der Waals surface area contributed by atoms with E-state index in [4.69, 9.17) is 0 Å². The van der Waals surface area contributed by atoms with Crippen LogP contribution in [0.4, 0.5) is 0 Å². The largest absolute Gasteiger partial charge is 0.395 e. The number of rotatable bonds is 3. The second kappa shape index (κ2) is 3.93. The van der Waals surface area contributed by atoms with Crippen LogP contribution < -0.4 is 0 Å². The van der Waals surface area contributed by atoms with Gasteiger partial charge in [0.1, 0.15) is 0 Å². The van der Waals surface area contributed by atoms with Gasteiger partial charge in [0.25, 0.3) is 0 Å². The molecule has 0 atom stereocenters. The molecule has 0 aliphatic carbocycles. The first-order valence-electron chi connectivity index (χ1n) is 4.70. The summed E-state index contributed by atoms with van der Waals surface area (Å²) >= 11 is 0. The number of aliphatic hydroxyl groups excluding tert-OH is 1. The molecule has 0 amide bonds. The van der Waals surface area contributed by atoms with Crippen LogP contribution in [-0.4, -0.2) is 17.5 Å². The van der Waals surface area contributed by atoms with E-state index in [1.807, 2.05) is 32.0 Å². The molecule has 2 heteroatoms. The molecule has 0 heterocycles. The van der Waals surface area contributed by atoms with Gasteiger partial charge in [0.2, 0.25) is 0 Å². The summed E-state index contributed by atoms with van der Waals surface area (Å²) in [7, 11) is 0. The van der Waals surface area contributed by atoms with E-state index in [1.54, 1.807) is 13.0 Å². The van der Waals surface area contributed by atoms with Crippen molar-refractivity contribution in [3.63, 3.8) is 0 Å². The van der Waals surface area contributed by atoms with Crippen LogP contribution in [0.2, 0.25) is 0 Å². The highest BCUT2D eigenvalue weighted by Gasteiger charge is 2.23. The molecular formula is C12H16O2. The molecule has 0 spiro atoms. The Hall–Kier alpha value is -1.15. The lowest BCUT2D eigenvalue weighted by Gasteiger charge is -2.24. The molecule has 1 rings (SSSR count). The fourth-order valence-electron chi connectivity index (χ4n) is 1.47. The molecule has 0 bridgehead atoms. The van der Waals surface area contributed by atoms with Crippen molar-refractivity contribution in [2.24, 2.45) is 0 Å². The van der Waals surface area contributed by atoms with Crippen molar-refractivity contribution in [2.75, 3.05) is 6.61 Å². The summed E-state index contributed by atoms with van der Waals surface area (Å²) in [5.74, 6) is 0.0436. The molecule has 2 nitrogen and oxygen atoms in total. The molecule has 1 N–H and O–H groups in total. The number of hydrogen-bond acceptors (Lipinski definition) is 2. The zero-order chi connectivity index (χ0) is 10.8. The molecule has 76 valence electrons. The quantitative estimate of drug-likeness (QED) is 0.745. The molecule has 0 radical (unpaired) electrons. The maximum Gasteiger partial charge on any atom is 0.160 e. The highest BCUT2D eigenvalue weighted by atomic mass is 16.3. The van der Waals surface area contributed by atoms with Crippen LogP contribution in [0.3, 0.4) is 0 Å². The molecule has 0 saturated carbocycles. The Morgan fingerprint density at radius 1 is 1.36 bits per heavy atom. The molecule has 0 aliphatic rings. The number of Topliss-reactive ketones (excluding diaryl/α,β-unsaturated/α-hetero) is 1. The van der Waals surface area contributed by atoms with Crippen molar-refractivity contribution >= 4 is 5.78 Å². The molecule has 1 aromatic carbocycles. The van der Waals surface area contributed by atoms with Gasteiger partial charge < -0.3 is 5.11 Å². The van der Waals surface area contributed by atoms with Crippen LogP contribution in [-0.2, 0) is 5.41 Å². The highest BCUT2D eigenvalue weighted by Crippen LogP contribution is 2.26. The Morgan fingerprint density at radius 3 is 2.43 bits per heavy atom. The summed E-state index contributed by atoms with van der Waals surface area (Å²) in [6.45, 7) is 5.44. The van der Waals surface area contributed by atoms with Gasteiger partial charge in [-0.1, -0.05) is 38.1 Å². The Morgan fingerprint density at radius 2 is 1.93 bits per heavy atom. The fraction of sp³-hybridized carbons (Fsp3) is 0.417. The van der Waals surface area contributed by atoms with Crippen LogP contribution in [0.1, 0.15) is 36.7 Å². The second-order valence-corrected chi connectivity index (χ2v) is 4.14. The van der Waals surface area contributed by atoms with Crippen molar-refractivity contribution in [1.82, 2.24) is 0 Å². The van der Waals surface area contributed by atoms with Gasteiger partial charge in [-0.15, -0.1) is 0 Å². The van der Waals surface area contributed by atoms with Crippen LogP contribution in [0.25, 0.3) is 0 Å². The molecule has 14 heavy (non-hydrogen) atoms. The van der Waals surface area contributed by atoms with E-state index in [0.717, 1.165) is 5.56 Å². The number of carbonyl (C=O) groups excluding carboxylic acids is 1. The van der Waals surface area contributed by atoms with Gasteiger partial charge >= 0.3 is 0 Å². The molecule has 0 aliphatic heterocycles. The summed E-state index contributed by atoms with van der Waals surface area (Å²) in [4.78, 5) is 11.3. The van der Waals surface area contributed by atoms with Crippen LogP contribution >= 0.6 is 0 Å². The highest BCUT2D eigenvalue weighted by molar-refractivity contribution is 5.95. The minimum atomic E-state index is -0.359. The minimum absolute atomic E-state index is 0.0390. The molecule has 0 unspecified atom stereocenters. The summed E-state index contributed by atoms with van der Waals surface area (Å²) < 4.78 is 0. The van der Waals surface area contributed by atoms with Gasteiger partial charge in [0, 0.05) is 11.0 Å². The van der Waals surface area contributed by atoms with E-state index in [1.165, 1.54) is 0 Å². The average molecular weight is 192 g/mol. The van der Waals surface area contributed by atoms with Gasteiger partial charge in [0.05, 0.1) is 6.61 Å². The van der Waals surface area contributed by atoms with E-state index in [0.29, 0.717) is 5.56 Å². The van der Waals surface area contributed by atoms with E-state index >= 15 is 0 Å². The Kier molecular flexibility index (Phi) is 3.06. The number of carbonyl (C=O) groups is 1. The first-order valence-corrected chi connectivity index (χ1v) is 4.70.